The minimum Gasteiger partial charge on any atom is -0.316 e. The summed E-state index contributed by atoms with van der Waals surface area (Å²) in [7, 11) is 0. The summed E-state index contributed by atoms with van der Waals surface area (Å²) in [6.45, 7) is 2.32. The summed E-state index contributed by atoms with van der Waals surface area (Å²) in [5.41, 5.74) is 1.49. The Bertz CT molecular complexity index is 484. The third kappa shape index (κ3) is 1.83. The number of benzene rings is 2. The van der Waals surface area contributed by atoms with Gasteiger partial charge in [-0.25, -0.2) is 0 Å². The Morgan fingerprint density at radius 1 is 1.00 bits per heavy atom. The number of fused-ring (bicyclic) bond motifs is 1. The smallest absolute Gasteiger partial charge is 0.00201 e. The molecule has 16 heavy (non-hydrogen) atoms. The lowest BCUT2D eigenvalue weighted by Gasteiger charge is -2.23. The lowest BCUT2D eigenvalue weighted by Crippen LogP contribution is -2.28. The Hall–Kier alpha value is -1.34. The van der Waals surface area contributed by atoms with E-state index in [1.807, 2.05) is 0 Å². The maximum Gasteiger partial charge on any atom is 0.00201 e. The molecule has 1 nitrogen and oxygen atoms in total. The van der Waals surface area contributed by atoms with Crippen molar-refractivity contribution in [2.24, 2.45) is 0 Å². The number of hydrogen-bond donors (Lipinski definition) is 1. The van der Waals surface area contributed by atoms with Crippen LogP contribution in [0.15, 0.2) is 42.5 Å². The second kappa shape index (κ2) is 4.26. The zero-order valence-electron chi connectivity index (χ0n) is 9.45. The van der Waals surface area contributed by atoms with Crippen molar-refractivity contribution in [3.63, 3.8) is 0 Å². The summed E-state index contributed by atoms with van der Waals surface area (Å²) >= 11 is 0. The molecule has 0 spiro atoms. The molecule has 1 aliphatic rings. The Morgan fingerprint density at radius 2 is 1.88 bits per heavy atom. The molecule has 1 heterocycles. The standard InChI is InChI=1S/C15H17N/c1-2-5-13-10-14(8-7-12(13)4-1)15-6-3-9-16-11-15/h1-2,4-5,7-8,10,15-16H,3,6,9,11H2/t15-/m1/s1. The third-order valence-electron chi connectivity index (χ3n) is 3.54. The molecule has 0 amide bonds. The van der Waals surface area contributed by atoms with Crippen LogP contribution in [0.2, 0.25) is 0 Å². The van der Waals surface area contributed by atoms with Gasteiger partial charge in [0.25, 0.3) is 0 Å². The maximum absolute atomic E-state index is 3.48. The Balaban J connectivity index is 1.97. The van der Waals surface area contributed by atoms with E-state index >= 15 is 0 Å². The van der Waals surface area contributed by atoms with Gasteiger partial charge in [-0.3, -0.25) is 0 Å². The molecule has 0 saturated carbocycles. The monoisotopic (exact) mass is 211 g/mol. The third-order valence-corrected chi connectivity index (χ3v) is 3.54. The first-order valence-electron chi connectivity index (χ1n) is 6.13. The van der Waals surface area contributed by atoms with Crippen LogP contribution in [0.5, 0.6) is 0 Å². The maximum atomic E-state index is 3.48. The molecule has 0 radical (unpaired) electrons. The molecule has 1 saturated heterocycles. The van der Waals surface area contributed by atoms with E-state index in [-0.39, 0.29) is 0 Å². The van der Waals surface area contributed by atoms with Crippen molar-refractivity contribution >= 4 is 10.8 Å². The molecule has 1 N–H and O–H groups in total. The van der Waals surface area contributed by atoms with Crippen LogP contribution in [-0.4, -0.2) is 13.1 Å². The molecule has 1 atom stereocenters. The molecule has 1 aliphatic heterocycles. The van der Waals surface area contributed by atoms with Crippen LogP contribution in [0, 0.1) is 0 Å². The van der Waals surface area contributed by atoms with Crippen molar-refractivity contribution in [3.05, 3.63) is 48.0 Å². The summed E-state index contributed by atoms with van der Waals surface area (Å²) < 4.78 is 0. The van der Waals surface area contributed by atoms with E-state index in [1.165, 1.54) is 35.7 Å². The van der Waals surface area contributed by atoms with Crippen molar-refractivity contribution in [3.8, 4) is 0 Å². The highest BCUT2D eigenvalue weighted by atomic mass is 14.9. The fraction of sp³-hybridized carbons (Fsp3) is 0.333. The minimum absolute atomic E-state index is 0.707. The van der Waals surface area contributed by atoms with Gasteiger partial charge in [0.05, 0.1) is 0 Å². The molecule has 2 aromatic rings. The molecule has 1 fully saturated rings. The zero-order valence-corrected chi connectivity index (χ0v) is 9.45. The molecule has 2 aromatic carbocycles. The number of nitrogens with one attached hydrogen (secondary N) is 1. The quantitative estimate of drug-likeness (QED) is 0.763. The summed E-state index contributed by atoms with van der Waals surface area (Å²) in [5.74, 6) is 0.707. The predicted octanol–water partition coefficient (Wildman–Crippen LogP) is 3.31. The van der Waals surface area contributed by atoms with Gasteiger partial charge in [0, 0.05) is 6.54 Å². The lowest BCUT2D eigenvalue weighted by atomic mass is 9.90. The highest BCUT2D eigenvalue weighted by Crippen LogP contribution is 2.26. The van der Waals surface area contributed by atoms with Crippen molar-refractivity contribution in [2.75, 3.05) is 13.1 Å². The predicted molar refractivity (Wildman–Crippen MR) is 68.8 cm³/mol. The van der Waals surface area contributed by atoms with Gasteiger partial charge in [-0.1, -0.05) is 42.5 Å². The fourth-order valence-electron chi connectivity index (χ4n) is 2.60. The normalized spacial score (nSPS) is 21.1. The largest absolute Gasteiger partial charge is 0.316 e. The van der Waals surface area contributed by atoms with E-state index in [0.717, 1.165) is 6.54 Å². The molecule has 0 unspecified atom stereocenters. The van der Waals surface area contributed by atoms with Gasteiger partial charge in [0.15, 0.2) is 0 Å². The summed E-state index contributed by atoms with van der Waals surface area (Å²) in [5, 5.41) is 6.19. The average molecular weight is 211 g/mol. The molecule has 82 valence electrons. The van der Waals surface area contributed by atoms with Gasteiger partial charge in [0.2, 0.25) is 0 Å². The van der Waals surface area contributed by atoms with Gasteiger partial charge in [0.1, 0.15) is 0 Å². The highest BCUT2D eigenvalue weighted by molar-refractivity contribution is 5.83. The van der Waals surface area contributed by atoms with Crippen molar-refractivity contribution < 1.29 is 0 Å². The Labute approximate surface area is 96.5 Å². The SMILES string of the molecule is c1ccc2cc([C@@H]3CCCNC3)ccc2c1. The number of rotatable bonds is 1. The van der Waals surface area contributed by atoms with Crippen molar-refractivity contribution in [2.45, 2.75) is 18.8 Å². The first-order valence-corrected chi connectivity index (χ1v) is 6.13. The van der Waals surface area contributed by atoms with Gasteiger partial charge in [-0.15, -0.1) is 0 Å². The average Bonchev–Trinajstić information content (AvgIpc) is 2.39. The first kappa shape index (κ1) is 9.86. The van der Waals surface area contributed by atoms with Gasteiger partial charge in [-0.05, 0) is 41.6 Å². The van der Waals surface area contributed by atoms with E-state index in [9.17, 15) is 0 Å². The number of piperidine rings is 1. The molecule has 3 rings (SSSR count). The van der Waals surface area contributed by atoms with E-state index in [0.29, 0.717) is 5.92 Å². The van der Waals surface area contributed by atoms with Gasteiger partial charge < -0.3 is 5.32 Å². The molecular formula is C15H17N. The van der Waals surface area contributed by atoms with Crippen LogP contribution >= 0.6 is 0 Å². The van der Waals surface area contributed by atoms with Crippen molar-refractivity contribution in [1.29, 1.82) is 0 Å². The fourth-order valence-corrected chi connectivity index (χ4v) is 2.60. The van der Waals surface area contributed by atoms with Crippen LogP contribution in [0.3, 0.4) is 0 Å². The molecule has 1 heteroatoms. The van der Waals surface area contributed by atoms with E-state index in [2.05, 4.69) is 47.8 Å². The van der Waals surface area contributed by atoms with Crippen molar-refractivity contribution in [1.82, 2.24) is 5.32 Å². The second-order valence-electron chi connectivity index (χ2n) is 4.65. The minimum atomic E-state index is 0.707. The van der Waals surface area contributed by atoms with Gasteiger partial charge in [-0.2, -0.15) is 0 Å². The van der Waals surface area contributed by atoms with E-state index in [4.69, 9.17) is 0 Å². The van der Waals surface area contributed by atoms with Crippen LogP contribution in [0.25, 0.3) is 10.8 Å². The van der Waals surface area contributed by atoms with Gasteiger partial charge >= 0.3 is 0 Å². The highest BCUT2D eigenvalue weighted by Gasteiger charge is 2.14. The summed E-state index contributed by atoms with van der Waals surface area (Å²) in [6.07, 6.45) is 2.63. The molecule has 0 bridgehead atoms. The summed E-state index contributed by atoms with van der Waals surface area (Å²) in [4.78, 5) is 0. The second-order valence-corrected chi connectivity index (χ2v) is 4.65. The summed E-state index contributed by atoms with van der Waals surface area (Å²) in [6, 6.07) is 15.5. The van der Waals surface area contributed by atoms with Crippen LogP contribution in [-0.2, 0) is 0 Å². The zero-order chi connectivity index (χ0) is 10.8. The van der Waals surface area contributed by atoms with E-state index in [1.54, 1.807) is 0 Å². The van der Waals surface area contributed by atoms with Crippen LogP contribution in [0.4, 0.5) is 0 Å². The lowest BCUT2D eigenvalue weighted by molar-refractivity contribution is 0.462. The molecule has 0 aromatic heterocycles. The van der Waals surface area contributed by atoms with Crippen LogP contribution < -0.4 is 5.32 Å². The number of hydrogen-bond acceptors (Lipinski definition) is 1. The Morgan fingerprint density at radius 3 is 2.69 bits per heavy atom. The van der Waals surface area contributed by atoms with E-state index < -0.39 is 0 Å². The molecule has 0 aliphatic carbocycles. The Kier molecular flexibility index (Phi) is 2.63. The topological polar surface area (TPSA) is 12.0 Å². The van der Waals surface area contributed by atoms with Crippen LogP contribution in [0.1, 0.15) is 24.3 Å². The first-order chi connectivity index (χ1) is 7.93. The molecular weight excluding hydrogens is 194 g/mol.